The number of rotatable bonds is 3. The van der Waals surface area contributed by atoms with Crippen molar-refractivity contribution in [2.45, 2.75) is 32.4 Å². The van der Waals surface area contributed by atoms with E-state index in [4.69, 9.17) is 4.74 Å². The van der Waals surface area contributed by atoms with Crippen molar-refractivity contribution in [3.8, 4) is 0 Å². The maximum Gasteiger partial charge on any atom is 0.126 e. The number of nitrogens with zero attached hydrogens (tertiary/aromatic N) is 1. The van der Waals surface area contributed by atoms with E-state index in [0.717, 1.165) is 13.1 Å². The van der Waals surface area contributed by atoms with E-state index in [1.54, 1.807) is 19.1 Å². The third kappa shape index (κ3) is 2.96. The molecule has 1 aliphatic heterocycles. The van der Waals surface area contributed by atoms with Gasteiger partial charge in [0, 0.05) is 18.6 Å². The number of halogens is 1. The minimum Gasteiger partial charge on any atom is -0.386 e. The van der Waals surface area contributed by atoms with Crippen molar-refractivity contribution in [2.75, 3.05) is 26.3 Å². The molecule has 19 heavy (non-hydrogen) atoms. The van der Waals surface area contributed by atoms with Crippen LogP contribution in [-0.4, -0.2) is 41.8 Å². The molecule has 1 atom stereocenters. The third-order valence-corrected chi connectivity index (χ3v) is 4.01. The van der Waals surface area contributed by atoms with Gasteiger partial charge in [-0.15, -0.1) is 0 Å². The Kier molecular flexibility index (Phi) is 4.23. The zero-order valence-corrected chi connectivity index (χ0v) is 11.8. The standard InChI is InChI=1S/C15H22FNO2/c1-11-4-5-12(10-13(11)16)14(18)15(2,3)17-6-8-19-9-7-17/h4-5,10,14,18H,6-9H2,1-3H3. The van der Waals surface area contributed by atoms with E-state index in [1.165, 1.54) is 6.07 Å². The van der Waals surface area contributed by atoms with Crippen molar-refractivity contribution in [1.29, 1.82) is 0 Å². The van der Waals surface area contributed by atoms with Crippen LogP contribution in [0.1, 0.15) is 31.1 Å². The molecule has 1 N–H and O–H groups in total. The van der Waals surface area contributed by atoms with Gasteiger partial charge in [-0.25, -0.2) is 4.39 Å². The summed E-state index contributed by atoms with van der Waals surface area (Å²) in [6.07, 6.45) is -0.722. The van der Waals surface area contributed by atoms with Crippen LogP contribution >= 0.6 is 0 Å². The minimum atomic E-state index is -0.722. The number of ether oxygens (including phenoxy) is 1. The molecule has 0 radical (unpaired) electrons. The highest BCUT2D eigenvalue weighted by Gasteiger charge is 2.36. The summed E-state index contributed by atoms with van der Waals surface area (Å²) >= 11 is 0. The van der Waals surface area contributed by atoms with E-state index in [-0.39, 0.29) is 5.82 Å². The molecule has 1 aromatic carbocycles. The maximum absolute atomic E-state index is 13.6. The molecule has 1 aliphatic rings. The maximum atomic E-state index is 13.6. The summed E-state index contributed by atoms with van der Waals surface area (Å²) in [5.74, 6) is -0.269. The molecular weight excluding hydrogens is 245 g/mol. The van der Waals surface area contributed by atoms with Crippen LogP contribution in [0.4, 0.5) is 4.39 Å². The molecule has 0 amide bonds. The fourth-order valence-electron chi connectivity index (χ4n) is 2.50. The number of aryl methyl sites for hydroxylation is 1. The van der Waals surface area contributed by atoms with Gasteiger partial charge in [0.1, 0.15) is 5.82 Å². The van der Waals surface area contributed by atoms with E-state index in [9.17, 15) is 9.50 Å². The highest BCUT2D eigenvalue weighted by molar-refractivity contribution is 5.26. The van der Waals surface area contributed by atoms with Crippen LogP contribution in [0.5, 0.6) is 0 Å². The lowest BCUT2D eigenvalue weighted by Gasteiger charge is -2.43. The second kappa shape index (κ2) is 5.57. The van der Waals surface area contributed by atoms with Crippen molar-refractivity contribution < 1.29 is 14.2 Å². The molecule has 4 heteroatoms. The highest BCUT2D eigenvalue weighted by Crippen LogP contribution is 2.32. The van der Waals surface area contributed by atoms with Crippen molar-refractivity contribution in [3.05, 3.63) is 35.1 Å². The van der Waals surface area contributed by atoms with Crippen LogP contribution < -0.4 is 0 Å². The zero-order chi connectivity index (χ0) is 14.0. The number of aliphatic hydroxyl groups is 1. The molecule has 0 spiro atoms. The van der Waals surface area contributed by atoms with E-state index >= 15 is 0 Å². The van der Waals surface area contributed by atoms with Crippen molar-refractivity contribution in [3.63, 3.8) is 0 Å². The van der Waals surface area contributed by atoms with E-state index in [0.29, 0.717) is 24.3 Å². The van der Waals surface area contributed by atoms with Crippen LogP contribution in [0.2, 0.25) is 0 Å². The molecule has 3 nitrogen and oxygen atoms in total. The van der Waals surface area contributed by atoms with Gasteiger partial charge in [0.15, 0.2) is 0 Å². The summed E-state index contributed by atoms with van der Waals surface area (Å²) in [5, 5.41) is 10.6. The monoisotopic (exact) mass is 267 g/mol. The first-order chi connectivity index (χ1) is 8.93. The summed E-state index contributed by atoms with van der Waals surface area (Å²) in [7, 11) is 0. The van der Waals surface area contributed by atoms with E-state index < -0.39 is 11.6 Å². The van der Waals surface area contributed by atoms with Crippen molar-refractivity contribution in [2.24, 2.45) is 0 Å². The second-order valence-electron chi connectivity index (χ2n) is 5.66. The molecule has 1 heterocycles. The molecule has 1 aromatic rings. The van der Waals surface area contributed by atoms with Gasteiger partial charge >= 0.3 is 0 Å². The van der Waals surface area contributed by atoms with Crippen LogP contribution in [0.25, 0.3) is 0 Å². The van der Waals surface area contributed by atoms with E-state index in [2.05, 4.69) is 4.90 Å². The quantitative estimate of drug-likeness (QED) is 0.912. The molecule has 106 valence electrons. The lowest BCUT2D eigenvalue weighted by molar-refractivity contribution is -0.0631. The Morgan fingerprint density at radius 1 is 1.32 bits per heavy atom. The number of hydrogen-bond donors (Lipinski definition) is 1. The van der Waals surface area contributed by atoms with Gasteiger partial charge in [0.25, 0.3) is 0 Å². The van der Waals surface area contributed by atoms with Crippen LogP contribution in [-0.2, 0) is 4.74 Å². The Bertz CT molecular complexity index is 442. The lowest BCUT2D eigenvalue weighted by Crippen LogP contribution is -2.53. The Morgan fingerprint density at radius 2 is 1.95 bits per heavy atom. The lowest BCUT2D eigenvalue weighted by atomic mass is 9.88. The molecule has 0 aromatic heterocycles. The summed E-state index contributed by atoms with van der Waals surface area (Å²) < 4.78 is 19.0. The number of morpholine rings is 1. The van der Waals surface area contributed by atoms with E-state index in [1.807, 2.05) is 13.8 Å². The number of aliphatic hydroxyl groups excluding tert-OH is 1. The second-order valence-corrected chi connectivity index (χ2v) is 5.66. The van der Waals surface area contributed by atoms with Gasteiger partial charge in [0.2, 0.25) is 0 Å². The van der Waals surface area contributed by atoms with Crippen molar-refractivity contribution in [1.82, 2.24) is 4.90 Å². The molecule has 1 saturated heterocycles. The predicted molar refractivity (Wildman–Crippen MR) is 72.6 cm³/mol. The topological polar surface area (TPSA) is 32.7 Å². The molecule has 2 rings (SSSR count). The largest absolute Gasteiger partial charge is 0.386 e. The molecule has 1 fully saturated rings. The summed E-state index contributed by atoms with van der Waals surface area (Å²) in [6.45, 7) is 8.63. The van der Waals surface area contributed by atoms with Gasteiger partial charge in [-0.3, -0.25) is 4.90 Å². The first kappa shape index (κ1) is 14.4. The Morgan fingerprint density at radius 3 is 2.53 bits per heavy atom. The summed E-state index contributed by atoms with van der Waals surface area (Å²) in [6, 6.07) is 4.94. The molecular formula is C15H22FNO2. The van der Waals surface area contributed by atoms with Gasteiger partial charge in [-0.05, 0) is 38.0 Å². The van der Waals surface area contributed by atoms with Gasteiger partial charge < -0.3 is 9.84 Å². The first-order valence-corrected chi connectivity index (χ1v) is 6.70. The highest BCUT2D eigenvalue weighted by atomic mass is 19.1. The smallest absolute Gasteiger partial charge is 0.126 e. The predicted octanol–water partition coefficient (Wildman–Crippen LogP) is 2.28. The van der Waals surface area contributed by atoms with Gasteiger partial charge in [-0.1, -0.05) is 12.1 Å². The van der Waals surface area contributed by atoms with Gasteiger partial charge in [-0.2, -0.15) is 0 Å². The fraction of sp³-hybridized carbons (Fsp3) is 0.600. The SMILES string of the molecule is Cc1ccc(C(O)C(C)(C)N2CCOCC2)cc1F. The average molecular weight is 267 g/mol. The van der Waals surface area contributed by atoms with Crippen LogP contribution in [0, 0.1) is 12.7 Å². The Hall–Kier alpha value is -0.970. The number of benzene rings is 1. The van der Waals surface area contributed by atoms with Crippen LogP contribution in [0.3, 0.4) is 0 Å². The molecule has 0 bridgehead atoms. The Labute approximate surface area is 114 Å². The zero-order valence-electron chi connectivity index (χ0n) is 11.8. The normalized spacial score (nSPS) is 19.4. The number of hydrogen-bond acceptors (Lipinski definition) is 3. The molecule has 0 saturated carbocycles. The Balaban J connectivity index is 2.20. The summed E-state index contributed by atoms with van der Waals surface area (Å²) in [5.41, 5.74) is 0.783. The third-order valence-electron chi connectivity index (χ3n) is 4.01. The molecule has 0 aliphatic carbocycles. The average Bonchev–Trinajstić information content (AvgIpc) is 2.42. The minimum absolute atomic E-state index is 0.269. The first-order valence-electron chi connectivity index (χ1n) is 6.70. The molecule has 1 unspecified atom stereocenters. The fourth-order valence-corrected chi connectivity index (χ4v) is 2.50. The van der Waals surface area contributed by atoms with Gasteiger partial charge in [0.05, 0.1) is 19.3 Å². The van der Waals surface area contributed by atoms with Crippen LogP contribution in [0.15, 0.2) is 18.2 Å². The van der Waals surface area contributed by atoms with Crippen molar-refractivity contribution >= 4 is 0 Å². The summed E-state index contributed by atoms with van der Waals surface area (Å²) in [4.78, 5) is 2.19.